The molecule has 0 N–H and O–H groups in total. The Morgan fingerprint density at radius 2 is 1.90 bits per heavy atom. The van der Waals surface area contributed by atoms with Crippen molar-refractivity contribution in [3.05, 3.63) is 68.3 Å². The van der Waals surface area contributed by atoms with E-state index in [2.05, 4.69) is 6.92 Å². The molecule has 1 fully saturated rings. The maximum absolute atomic E-state index is 12.9. The molecule has 0 unspecified atom stereocenters. The molecule has 31 heavy (non-hydrogen) atoms. The first-order valence-electron chi connectivity index (χ1n) is 10.5. The van der Waals surface area contributed by atoms with E-state index in [1.54, 1.807) is 0 Å². The van der Waals surface area contributed by atoms with Crippen molar-refractivity contribution in [2.24, 2.45) is 11.3 Å². The molecule has 162 valence electrons. The van der Waals surface area contributed by atoms with Gasteiger partial charge in [0.1, 0.15) is 5.75 Å². The highest BCUT2D eigenvalue weighted by Gasteiger charge is 2.56. The number of nitro groups is 1. The molecule has 1 aromatic carbocycles. The second-order valence-corrected chi connectivity index (χ2v) is 8.52. The van der Waals surface area contributed by atoms with Gasteiger partial charge in [-0.3, -0.25) is 14.9 Å². The highest BCUT2D eigenvalue weighted by Crippen LogP contribution is 2.63. The lowest BCUT2D eigenvalue weighted by Gasteiger charge is -2.32. The molecule has 4 rings (SSSR count). The number of benzene rings is 1. The summed E-state index contributed by atoms with van der Waals surface area (Å²) in [7, 11) is 0. The fourth-order valence-corrected chi connectivity index (χ4v) is 4.85. The predicted octanol–water partition coefficient (Wildman–Crippen LogP) is 5.46. The van der Waals surface area contributed by atoms with Crippen molar-refractivity contribution in [2.75, 3.05) is 6.61 Å². The van der Waals surface area contributed by atoms with Gasteiger partial charge < -0.3 is 9.47 Å². The number of Topliss-reactive ketones (excluding diaryl/α,β-unsaturated/α-hetero) is 1. The number of rotatable bonds is 6. The van der Waals surface area contributed by atoms with E-state index >= 15 is 0 Å². The Morgan fingerprint density at radius 1 is 1.23 bits per heavy atom. The highest BCUT2D eigenvalue weighted by molar-refractivity contribution is 6.07. The maximum Gasteiger partial charge on any atom is 0.513 e. The third-order valence-corrected chi connectivity index (χ3v) is 6.85. The number of ketones is 1. The summed E-state index contributed by atoms with van der Waals surface area (Å²) in [5, 5.41) is 10.7. The zero-order valence-corrected chi connectivity index (χ0v) is 17.9. The molecule has 1 spiro atoms. The van der Waals surface area contributed by atoms with Gasteiger partial charge in [-0.15, -0.1) is 0 Å². The smallest absolute Gasteiger partial charge is 0.434 e. The van der Waals surface area contributed by atoms with Gasteiger partial charge in [-0.1, -0.05) is 12.5 Å². The van der Waals surface area contributed by atoms with Crippen molar-refractivity contribution >= 4 is 17.6 Å². The topological polar surface area (TPSA) is 95.7 Å². The van der Waals surface area contributed by atoms with Gasteiger partial charge in [-0.25, -0.2) is 4.79 Å². The van der Waals surface area contributed by atoms with Gasteiger partial charge in [0.25, 0.3) is 5.69 Å². The second-order valence-electron chi connectivity index (χ2n) is 8.52. The zero-order chi connectivity index (χ0) is 22.3. The van der Waals surface area contributed by atoms with Gasteiger partial charge >= 0.3 is 6.16 Å². The molecule has 0 aliphatic heterocycles. The Morgan fingerprint density at radius 3 is 2.52 bits per heavy atom. The summed E-state index contributed by atoms with van der Waals surface area (Å²) in [6, 6.07) is 5.22. The maximum atomic E-state index is 12.9. The summed E-state index contributed by atoms with van der Waals surface area (Å²) in [6.45, 7) is 6.42. The molecular weight excluding hydrogens is 398 g/mol. The van der Waals surface area contributed by atoms with Gasteiger partial charge in [0, 0.05) is 29.0 Å². The number of ether oxygens (including phenoxy) is 2. The minimum atomic E-state index is -0.848. The lowest BCUT2D eigenvalue weighted by atomic mass is 9.70. The van der Waals surface area contributed by atoms with Crippen LogP contribution in [0.3, 0.4) is 0 Å². The minimum absolute atomic E-state index is 0.0463. The molecule has 3 aliphatic carbocycles. The van der Waals surface area contributed by atoms with E-state index in [-0.39, 0.29) is 35.2 Å². The lowest BCUT2D eigenvalue weighted by molar-refractivity contribution is -0.384. The third kappa shape index (κ3) is 3.69. The second kappa shape index (κ2) is 7.80. The first-order valence-corrected chi connectivity index (χ1v) is 10.5. The van der Waals surface area contributed by atoms with Gasteiger partial charge in [0.15, 0.2) is 5.78 Å². The number of hydrogen-bond acceptors (Lipinski definition) is 6. The summed E-state index contributed by atoms with van der Waals surface area (Å²) < 4.78 is 10.2. The van der Waals surface area contributed by atoms with Crippen LogP contribution >= 0.6 is 0 Å². The Labute approximate surface area is 180 Å². The van der Waals surface area contributed by atoms with Crippen LogP contribution in [0.1, 0.15) is 46.5 Å². The van der Waals surface area contributed by atoms with Gasteiger partial charge in [0.05, 0.1) is 11.5 Å². The predicted molar refractivity (Wildman–Crippen MR) is 114 cm³/mol. The fourth-order valence-electron chi connectivity index (χ4n) is 4.85. The van der Waals surface area contributed by atoms with Crippen LogP contribution in [0, 0.1) is 21.4 Å². The molecule has 1 atom stereocenters. The Hall–Kier alpha value is -3.22. The number of nitro benzene ring substituents is 1. The molecule has 1 aromatic rings. The number of allylic oxidation sites excluding steroid dienone is 6. The van der Waals surface area contributed by atoms with Crippen LogP contribution in [0.4, 0.5) is 10.5 Å². The van der Waals surface area contributed by atoms with Crippen LogP contribution in [0.2, 0.25) is 0 Å². The fraction of sp³-hybridized carbons (Fsp3) is 0.417. The quantitative estimate of drug-likeness (QED) is 0.198. The first-order chi connectivity index (χ1) is 14.7. The monoisotopic (exact) mass is 423 g/mol. The molecule has 1 saturated carbocycles. The summed E-state index contributed by atoms with van der Waals surface area (Å²) in [5.41, 5.74) is 5.53. The molecular formula is C24H25NO6. The Balaban J connectivity index is 1.32. The normalized spacial score (nSPS) is 21.2. The number of carbonyl (C=O) groups is 2. The van der Waals surface area contributed by atoms with Gasteiger partial charge in [-0.05, 0) is 74.5 Å². The Bertz CT molecular complexity index is 1060. The summed E-state index contributed by atoms with van der Waals surface area (Å²) >= 11 is 0. The standard InChI is InChI=1S/C24H25NO6/c1-14-13-20-21(15(2)24(10-11-24)16(3)22(20)26)19(14)5-4-12-30-23(27)31-18-8-6-17(7-9-18)25(28)29/h6-9,13,16H,4-5,10-12H2,1-3H3/t16-/m1/s1. The van der Waals surface area contributed by atoms with E-state index in [0.29, 0.717) is 12.8 Å². The van der Waals surface area contributed by atoms with Crippen molar-refractivity contribution < 1.29 is 24.0 Å². The van der Waals surface area contributed by atoms with E-state index in [1.807, 2.05) is 19.9 Å². The van der Waals surface area contributed by atoms with Crippen molar-refractivity contribution in [2.45, 2.75) is 46.5 Å². The van der Waals surface area contributed by atoms with Crippen molar-refractivity contribution in [3.8, 4) is 5.75 Å². The molecule has 7 nitrogen and oxygen atoms in total. The third-order valence-electron chi connectivity index (χ3n) is 6.85. The van der Waals surface area contributed by atoms with Crippen LogP contribution in [-0.2, 0) is 9.53 Å². The zero-order valence-electron chi connectivity index (χ0n) is 17.9. The molecule has 0 heterocycles. The van der Waals surface area contributed by atoms with Crippen LogP contribution < -0.4 is 4.74 Å². The highest BCUT2D eigenvalue weighted by atomic mass is 16.7. The molecule has 0 saturated heterocycles. The number of fused-ring (bicyclic) bond motifs is 1. The molecule has 0 radical (unpaired) electrons. The van der Waals surface area contributed by atoms with E-state index in [1.165, 1.54) is 35.4 Å². The molecule has 0 amide bonds. The molecule has 0 aromatic heterocycles. The summed E-state index contributed by atoms with van der Waals surface area (Å²) in [5.74, 6) is 0.478. The average molecular weight is 423 g/mol. The van der Waals surface area contributed by atoms with E-state index in [0.717, 1.165) is 29.6 Å². The van der Waals surface area contributed by atoms with E-state index < -0.39 is 11.1 Å². The van der Waals surface area contributed by atoms with Crippen LogP contribution in [0.15, 0.2) is 58.2 Å². The summed E-state index contributed by atoms with van der Waals surface area (Å²) in [4.78, 5) is 34.9. The van der Waals surface area contributed by atoms with Crippen LogP contribution in [0.25, 0.3) is 0 Å². The molecule has 3 aliphatic rings. The lowest BCUT2D eigenvalue weighted by Crippen LogP contribution is -2.31. The Kier molecular flexibility index (Phi) is 5.29. The molecule has 7 heteroatoms. The van der Waals surface area contributed by atoms with Crippen molar-refractivity contribution in [3.63, 3.8) is 0 Å². The van der Waals surface area contributed by atoms with E-state index in [9.17, 15) is 19.7 Å². The largest absolute Gasteiger partial charge is 0.513 e. The summed E-state index contributed by atoms with van der Waals surface area (Å²) in [6.07, 6.45) is 4.63. The minimum Gasteiger partial charge on any atom is -0.434 e. The number of carbonyl (C=O) groups excluding carboxylic acids is 2. The van der Waals surface area contributed by atoms with Gasteiger partial charge in [-0.2, -0.15) is 0 Å². The number of hydrogen-bond donors (Lipinski definition) is 0. The number of nitrogens with zero attached hydrogens (tertiary/aromatic N) is 1. The van der Waals surface area contributed by atoms with Crippen LogP contribution in [-0.4, -0.2) is 23.5 Å². The SMILES string of the molecule is CC1=C(CCCOC(=O)Oc2ccc([N+](=O)[O-])cc2)C2=C(C)C3(CC3)[C@H](C)C(=O)C2=C1. The van der Waals surface area contributed by atoms with Crippen LogP contribution in [0.5, 0.6) is 5.75 Å². The van der Waals surface area contributed by atoms with E-state index in [4.69, 9.17) is 9.47 Å². The average Bonchev–Trinajstić information content (AvgIpc) is 3.48. The first kappa shape index (κ1) is 21.0. The van der Waals surface area contributed by atoms with Crippen molar-refractivity contribution in [1.29, 1.82) is 0 Å². The van der Waals surface area contributed by atoms with Gasteiger partial charge in [0.2, 0.25) is 0 Å². The van der Waals surface area contributed by atoms with Crippen molar-refractivity contribution in [1.82, 2.24) is 0 Å². The molecule has 0 bridgehead atoms. The number of non-ortho nitro benzene ring substituents is 1.